The van der Waals surface area contributed by atoms with E-state index in [0.29, 0.717) is 25.6 Å². The van der Waals surface area contributed by atoms with Crippen LogP contribution in [0.25, 0.3) is 0 Å². The molecule has 1 aliphatic heterocycles. The van der Waals surface area contributed by atoms with Crippen molar-refractivity contribution in [2.45, 2.75) is 107 Å². The molecule has 7 nitrogen and oxygen atoms in total. The van der Waals surface area contributed by atoms with Gasteiger partial charge in [0.05, 0.1) is 5.41 Å². The smallest absolute Gasteiger partial charge is 0.415 e. The molecule has 5 aliphatic carbocycles. The summed E-state index contributed by atoms with van der Waals surface area (Å²) in [6, 6.07) is 8.22. The van der Waals surface area contributed by atoms with Gasteiger partial charge in [0.1, 0.15) is 6.61 Å². The molecule has 7 heteroatoms. The fraction of sp³-hybridized carbons (Fsp3) is 0.614. The number of ketones is 1. The van der Waals surface area contributed by atoms with Crippen LogP contribution in [0.15, 0.2) is 70.5 Å². The molecule has 6 aliphatic rings. The van der Waals surface area contributed by atoms with E-state index in [1.54, 1.807) is 11.0 Å². The van der Waals surface area contributed by atoms with Gasteiger partial charge in [0.15, 0.2) is 5.76 Å². The van der Waals surface area contributed by atoms with Crippen molar-refractivity contribution >= 4 is 17.8 Å². The van der Waals surface area contributed by atoms with Gasteiger partial charge in [0.25, 0.3) is 0 Å². The maximum atomic E-state index is 13.9. The SMILES string of the molecule is CCN1CCN(C(=O)OC2=C(C)C3=CC=C4[C@@](C)(CC[C@@]5(C)[C@@H]6C[C@](C)(C(=O)OCc7ccc(C)cc7)CC[C@]6(C)CC[C@]45C)C3=CC2=O)CC1. The van der Waals surface area contributed by atoms with Crippen LogP contribution in [0.3, 0.4) is 0 Å². The third kappa shape index (κ3) is 5.68. The molecule has 6 atom stereocenters. The molecule has 0 unspecified atom stereocenters. The number of likely N-dealkylation sites (N-methyl/N-ethyl adjacent to an activating group) is 1. The van der Waals surface area contributed by atoms with Gasteiger partial charge in [-0.15, -0.1) is 0 Å². The van der Waals surface area contributed by atoms with E-state index in [1.165, 1.54) is 11.1 Å². The van der Waals surface area contributed by atoms with E-state index in [-0.39, 0.29) is 39.2 Å². The van der Waals surface area contributed by atoms with Crippen molar-refractivity contribution in [3.05, 3.63) is 81.7 Å². The van der Waals surface area contributed by atoms with Crippen LogP contribution in [-0.2, 0) is 25.7 Å². The van der Waals surface area contributed by atoms with Crippen LogP contribution >= 0.6 is 0 Å². The fourth-order valence-corrected chi connectivity index (χ4v) is 11.2. The van der Waals surface area contributed by atoms with Gasteiger partial charge < -0.3 is 19.3 Å². The average Bonchev–Trinajstić information content (AvgIpc) is 3.11. The molecule has 1 amide bonds. The van der Waals surface area contributed by atoms with Gasteiger partial charge >= 0.3 is 12.1 Å². The number of carbonyl (C=O) groups is 3. The maximum Gasteiger partial charge on any atom is 0.415 e. The fourth-order valence-electron chi connectivity index (χ4n) is 11.2. The molecule has 0 spiro atoms. The van der Waals surface area contributed by atoms with E-state index in [1.807, 2.05) is 19.1 Å². The Morgan fingerprint density at radius 3 is 2.24 bits per heavy atom. The minimum absolute atomic E-state index is 0.0256. The monoisotopic (exact) mass is 694 g/mol. The normalized spacial score (nSPS) is 36.5. The molecule has 0 N–H and O–H groups in total. The molecule has 1 heterocycles. The first-order valence-electron chi connectivity index (χ1n) is 19.4. The Labute approximate surface area is 305 Å². The number of piperazine rings is 1. The largest absolute Gasteiger partial charge is 0.460 e. The van der Waals surface area contributed by atoms with Gasteiger partial charge in [-0.25, -0.2) is 4.79 Å². The minimum atomic E-state index is -0.525. The topological polar surface area (TPSA) is 76.2 Å². The standard InChI is InChI=1S/C44H58N2O5/c1-9-45-22-24-46(25-23-45)39(49)51-37-30(3)32-14-15-35-42(6,33(32)26-34(37)47)19-21-44(8)36-27-41(5,17-16-40(36,4)18-20-43(35,44)7)38(48)50-28-31-12-10-29(2)11-13-31/h10-15,26,36H,9,16-25,27-28H2,1-8H3/t36-,40-,41-,42+,43-,44+/m1/s1. The molecule has 51 heavy (non-hydrogen) atoms. The summed E-state index contributed by atoms with van der Waals surface area (Å²) < 4.78 is 11.9. The highest BCUT2D eigenvalue weighted by Crippen LogP contribution is 2.75. The molecule has 0 aromatic heterocycles. The number of carbonyl (C=O) groups excluding carboxylic acids is 3. The predicted octanol–water partition coefficient (Wildman–Crippen LogP) is 8.88. The van der Waals surface area contributed by atoms with Gasteiger partial charge in [-0.1, -0.05) is 82.2 Å². The quantitative estimate of drug-likeness (QED) is 0.287. The summed E-state index contributed by atoms with van der Waals surface area (Å²) in [5.41, 5.74) is 5.64. The summed E-state index contributed by atoms with van der Waals surface area (Å²) in [4.78, 5) is 44.9. The second-order valence-corrected chi connectivity index (χ2v) is 17.9. The summed E-state index contributed by atoms with van der Waals surface area (Å²) in [6.07, 6.45) is 12.7. The number of hydrogen-bond donors (Lipinski definition) is 0. The highest BCUT2D eigenvalue weighted by molar-refractivity contribution is 6.08. The minimum Gasteiger partial charge on any atom is -0.460 e. The Bertz CT molecular complexity index is 1760. The summed E-state index contributed by atoms with van der Waals surface area (Å²) in [5, 5.41) is 0. The Morgan fingerprint density at radius 2 is 1.55 bits per heavy atom. The number of aryl methyl sites for hydroxylation is 1. The molecule has 1 aromatic rings. The van der Waals surface area contributed by atoms with Crippen molar-refractivity contribution < 1.29 is 23.9 Å². The number of ether oxygens (including phenoxy) is 2. The predicted molar refractivity (Wildman–Crippen MR) is 199 cm³/mol. The third-order valence-electron chi connectivity index (χ3n) is 15.1. The van der Waals surface area contributed by atoms with Crippen LogP contribution in [0, 0.1) is 39.9 Å². The van der Waals surface area contributed by atoms with Crippen molar-refractivity contribution in [1.29, 1.82) is 0 Å². The second-order valence-electron chi connectivity index (χ2n) is 17.9. The molecule has 1 aromatic carbocycles. The van der Waals surface area contributed by atoms with E-state index >= 15 is 0 Å². The second kappa shape index (κ2) is 12.6. The summed E-state index contributed by atoms with van der Waals surface area (Å²) >= 11 is 0. The molecular weight excluding hydrogens is 636 g/mol. The first kappa shape index (κ1) is 35.9. The van der Waals surface area contributed by atoms with Crippen molar-refractivity contribution in [2.75, 3.05) is 32.7 Å². The number of amides is 1. The number of benzene rings is 1. The van der Waals surface area contributed by atoms with Crippen LogP contribution in [0.1, 0.15) is 105 Å². The van der Waals surface area contributed by atoms with Crippen LogP contribution in [0.5, 0.6) is 0 Å². The highest BCUT2D eigenvalue weighted by atomic mass is 16.6. The summed E-state index contributed by atoms with van der Waals surface area (Å²) in [7, 11) is 0. The van der Waals surface area contributed by atoms with Gasteiger partial charge in [-0.05, 0) is 117 Å². The van der Waals surface area contributed by atoms with Gasteiger partial charge in [-0.2, -0.15) is 0 Å². The number of esters is 1. The Balaban J connectivity index is 1.15. The van der Waals surface area contributed by atoms with Gasteiger partial charge in [0, 0.05) is 37.2 Å². The summed E-state index contributed by atoms with van der Waals surface area (Å²) in [6.45, 7) is 22.1. The van der Waals surface area contributed by atoms with Crippen LogP contribution < -0.4 is 0 Å². The molecule has 1 saturated heterocycles. The number of fused-ring (bicyclic) bond motifs is 7. The molecule has 4 fully saturated rings. The first-order chi connectivity index (χ1) is 24.1. The van der Waals surface area contributed by atoms with E-state index in [4.69, 9.17) is 9.47 Å². The third-order valence-corrected chi connectivity index (χ3v) is 15.1. The zero-order chi connectivity index (χ0) is 36.6. The first-order valence-corrected chi connectivity index (χ1v) is 19.4. The lowest BCUT2D eigenvalue weighted by atomic mass is 9.34. The lowest BCUT2D eigenvalue weighted by Crippen LogP contribution is -2.62. The zero-order valence-electron chi connectivity index (χ0n) is 32.2. The Morgan fingerprint density at radius 1 is 0.863 bits per heavy atom. The molecule has 3 saturated carbocycles. The molecule has 0 bridgehead atoms. The zero-order valence-corrected chi connectivity index (χ0v) is 32.2. The molecule has 0 radical (unpaired) electrons. The van der Waals surface area contributed by atoms with E-state index in [2.05, 4.69) is 77.7 Å². The van der Waals surface area contributed by atoms with Crippen molar-refractivity contribution in [2.24, 2.45) is 33.0 Å². The number of allylic oxidation sites excluding steroid dienone is 7. The van der Waals surface area contributed by atoms with Crippen molar-refractivity contribution in [3.63, 3.8) is 0 Å². The van der Waals surface area contributed by atoms with Gasteiger partial charge in [-0.3, -0.25) is 9.59 Å². The van der Waals surface area contributed by atoms with Gasteiger partial charge in [0.2, 0.25) is 5.78 Å². The van der Waals surface area contributed by atoms with Crippen LogP contribution in [0.2, 0.25) is 0 Å². The average molecular weight is 695 g/mol. The lowest BCUT2D eigenvalue weighted by molar-refractivity contribution is -0.183. The van der Waals surface area contributed by atoms with E-state index in [0.717, 1.165) is 86.9 Å². The molecule has 274 valence electrons. The van der Waals surface area contributed by atoms with Crippen molar-refractivity contribution in [1.82, 2.24) is 9.80 Å². The van der Waals surface area contributed by atoms with E-state index in [9.17, 15) is 14.4 Å². The number of nitrogens with zero attached hydrogens (tertiary/aromatic N) is 2. The Hall–Kier alpha value is -3.45. The Kier molecular flexibility index (Phi) is 8.88. The lowest BCUT2D eigenvalue weighted by Gasteiger charge is -2.70. The maximum absolute atomic E-state index is 13.9. The number of hydrogen-bond acceptors (Lipinski definition) is 6. The van der Waals surface area contributed by atoms with E-state index < -0.39 is 11.5 Å². The number of rotatable bonds is 5. The van der Waals surface area contributed by atoms with Crippen LogP contribution in [-0.4, -0.2) is 60.4 Å². The summed E-state index contributed by atoms with van der Waals surface area (Å²) in [5.74, 6) is 0.229. The molecular formula is C44H58N2O5. The molecule has 7 rings (SSSR count). The van der Waals surface area contributed by atoms with Crippen LogP contribution in [0.4, 0.5) is 4.79 Å². The highest BCUT2D eigenvalue weighted by Gasteiger charge is 2.67. The van der Waals surface area contributed by atoms with Crippen molar-refractivity contribution in [3.8, 4) is 0 Å².